The van der Waals surface area contributed by atoms with Crippen LogP contribution in [0.25, 0.3) is 11.4 Å². The van der Waals surface area contributed by atoms with Gasteiger partial charge in [0.2, 0.25) is 5.91 Å². The molecule has 2 heterocycles. The first-order valence-electron chi connectivity index (χ1n) is 7.73. The largest absolute Gasteiger partial charge is 0.469 e. The number of nitrogens with zero attached hydrogens (tertiary/aromatic N) is 3. The van der Waals surface area contributed by atoms with E-state index in [9.17, 15) is 13.6 Å². The van der Waals surface area contributed by atoms with Crippen LogP contribution in [0.5, 0.6) is 0 Å². The van der Waals surface area contributed by atoms with Crippen molar-refractivity contribution in [2.45, 2.75) is 24.3 Å². The van der Waals surface area contributed by atoms with Gasteiger partial charge in [0.15, 0.2) is 22.6 Å². The highest BCUT2D eigenvalue weighted by Crippen LogP contribution is 2.28. The van der Waals surface area contributed by atoms with Crippen LogP contribution in [-0.4, -0.2) is 25.9 Å². The number of hydrogen-bond acceptors (Lipinski definition) is 5. The van der Waals surface area contributed by atoms with E-state index in [1.165, 1.54) is 17.8 Å². The van der Waals surface area contributed by atoms with E-state index in [0.717, 1.165) is 23.5 Å². The molecule has 0 bridgehead atoms. The predicted octanol–water partition coefficient (Wildman–Crippen LogP) is 3.78. The van der Waals surface area contributed by atoms with E-state index < -0.39 is 16.9 Å². The maximum Gasteiger partial charge on any atom is 0.237 e. The minimum atomic E-state index is -1.02. The summed E-state index contributed by atoms with van der Waals surface area (Å²) in [4.78, 5) is 12.3. The first kappa shape index (κ1) is 18.1. The van der Waals surface area contributed by atoms with Gasteiger partial charge in [-0.1, -0.05) is 11.8 Å². The molecule has 2 aromatic heterocycles. The van der Waals surface area contributed by atoms with Gasteiger partial charge in [0.25, 0.3) is 0 Å². The third-order valence-electron chi connectivity index (χ3n) is 3.77. The molecule has 0 aliphatic rings. The number of halogens is 2. The number of nitrogens with one attached hydrogen (secondary N) is 1. The molecule has 3 aromatic rings. The van der Waals surface area contributed by atoms with Gasteiger partial charge in [-0.15, -0.1) is 10.2 Å². The van der Waals surface area contributed by atoms with Crippen LogP contribution in [0.4, 0.5) is 14.5 Å². The summed E-state index contributed by atoms with van der Waals surface area (Å²) in [5.74, 6) is -0.985. The number of rotatable bonds is 5. The van der Waals surface area contributed by atoms with Crippen molar-refractivity contribution in [3.8, 4) is 11.4 Å². The van der Waals surface area contributed by atoms with Gasteiger partial charge in [0.05, 0.1) is 17.1 Å². The summed E-state index contributed by atoms with van der Waals surface area (Å²) in [7, 11) is 1.80. The van der Waals surface area contributed by atoms with Crippen molar-refractivity contribution in [2.24, 2.45) is 7.05 Å². The topological polar surface area (TPSA) is 72.9 Å². The van der Waals surface area contributed by atoms with Crippen LogP contribution in [0.3, 0.4) is 0 Å². The van der Waals surface area contributed by atoms with E-state index in [1.807, 2.05) is 6.92 Å². The molecule has 9 heteroatoms. The van der Waals surface area contributed by atoms with Gasteiger partial charge in [-0.05, 0) is 32.0 Å². The second-order valence-electron chi connectivity index (χ2n) is 5.63. The van der Waals surface area contributed by atoms with Crippen molar-refractivity contribution in [1.82, 2.24) is 14.8 Å². The molecular weight excluding hydrogens is 362 g/mol. The summed E-state index contributed by atoms with van der Waals surface area (Å²) in [6.07, 6.45) is 1.57. The summed E-state index contributed by atoms with van der Waals surface area (Å²) >= 11 is 1.21. The Morgan fingerprint density at radius 3 is 2.69 bits per heavy atom. The van der Waals surface area contributed by atoms with E-state index >= 15 is 0 Å². The van der Waals surface area contributed by atoms with Gasteiger partial charge in [-0.25, -0.2) is 8.78 Å². The molecule has 1 aromatic carbocycles. The number of aromatic nitrogens is 3. The molecule has 0 saturated carbocycles. The average molecular weight is 378 g/mol. The smallest absolute Gasteiger partial charge is 0.237 e. The molecule has 1 atom stereocenters. The fraction of sp³-hybridized carbons (Fsp3) is 0.235. The van der Waals surface area contributed by atoms with Crippen LogP contribution in [-0.2, 0) is 11.8 Å². The Labute approximate surface area is 152 Å². The van der Waals surface area contributed by atoms with E-state index in [-0.39, 0.29) is 11.6 Å². The molecule has 0 aliphatic carbocycles. The first-order chi connectivity index (χ1) is 12.4. The number of aryl methyl sites for hydroxylation is 1. The van der Waals surface area contributed by atoms with Crippen LogP contribution < -0.4 is 5.32 Å². The van der Waals surface area contributed by atoms with Gasteiger partial charge in [-0.2, -0.15) is 0 Å². The fourth-order valence-electron chi connectivity index (χ4n) is 2.30. The van der Waals surface area contributed by atoms with Crippen molar-refractivity contribution in [3.05, 3.63) is 47.9 Å². The van der Waals surface area contributed by atoms with E-state index in [1.54, 1.807) is 30.9 Å². The Kier molecular flexibility index (Phi) is 5.08. The Hall–Kier alpha value is -2.68. The Bertz CT molecular complexity index is 954. The number of benzene rings is 1. The predicted molar refractivity (Wildman–Crippen MR) is 93.7 cm³/mol. The average Bonchev–Trinajstić information content (AvgIpc) is 3.17. The molecule has 0 radical (unpaired) electrons. The molecule has 0 saturated heterocycles. The lowest BCUT2D eigenvalue weighted by atomic mass is 10.2. The summed E-state index contributed by atoms with van der Waals surface area (Å²) < 4.78 is 33.2. The number of hydrogen-bond donors (Lipinski definition) is 1. The highest BCUT2D eigenvalue weighted by molar-refractivity contribution is 8.00. The summed E-state index contributed by atoms with van der Waals surface area (Å²) in [6, 6.07) is 5.00. The number of carbonyl (C=O) groups is 1. The van der Waals surface area contributed by atoms with Gasteiger partial charge >= 0.3 is 0 Å². The maximum atomic E-state index is 13.2. The van der Waals surface area contributed by atoms with Crippen LogP contribution in [0.1, 0.15) is 12.7 Å². The zero-order chi connectivity index (χ0) is 18.8. The molecule has 26 heavy (non-hydrogen) atoms. The normalized spacial score (nSPS) is 12.2. The summed E-state index contributed by atoms with van der Waals surface area (Å²) in [5, 5.41) is 10.8. The lowest BCUT2D eigenvalue weighted by Crippen LogP contribution is -2.23. The fourth-order valence-corrected chi connectivity index (χ4v) is 3.11. The molecule has 3 rings (SSSR count). The van der Waals surface area contributed by atoms with E-state index in [2.05, 4.69) is 15.5 Å². The highest BCUT2D eigenvalue weighted by atomic mass is 32.2. The molecule has 6 nitrogen and oxygen atoms in total. The lowest BCUT2D eigenvalue weighted by Gasteiger charge is -2.12. The van der Waals surface area contributed by atoms with Gasteiger partial charge in [0, 0.05) is 18.8 Å². The third-order valence-corrected chi connectivity index (χ3v) is 4.91. The molecule has 1 N–H and O–H groups in total. The first-order valence-corrected chi connectivity index (χ1v) is 8.61. The van der Waals surface area contributed by atoms with Crippen LogP contribution >= 0.6 is 11.8 Å². The second kappa shape index (κ2) is 7.28. The quantitative estimate of drug-likeness (QED) is 0.684. The van der Waals surface area contributed by atoms with E-state index in [4.69, 9.17) is 4.42 Å². The number of carbonyl (C=O) groups excluding carboxylic acids is 1. The molecule has 0 aliphatic heterocycles. The van der Waals surface area contributed by atoms with Gasteiger partial charge < -0.3 is 14.3 Å². The highest BCUT2D eigenvalue weighted by Gasteiger charge is 2.21. The standard InChI is InChI=1S/C17H16F2N4O2S/c1-9-12(6-7-25-9)15-21-22-17(23(15)3)26-10(2)16(24)20-11-4-5-13(18)14(19)8-11/h4-8,10H,1-3H3,(H,20,24)/t10-/m0/s1. The van der Waals surface area contributed by atoms with E-state index in [0.29, 0.717) is 11.0 Å². The van der Waals surface area contributed by atoms with Crippen molar-refractivity contribution in [2.75, 3.05) is 5.32 Å². The maximum absolute atomic E-state index is 13.2. The molecular formula is C17H16F2N4O2S. The van der Waals surface area contributed by atoms with Crippen LogP contribution in [0, 0.1) is 18.6 Å². The van der Waals surface area contributed by atoms with Crippen molar-refractivity contribution in [3.63, 3.8) is 0 Å². The van der Waals surface area contributed by atoms with Crippen LogP contribution in [0.15, 0.2) is 40.1 Å². The zero-order valence-corrected chi connectivity index (χ0v) is 15.1. The molecule has 1 amide bonds. The van der Waals surface area contributed by atoms with Gasteiger partial charge in [0.1, 0.15) is 5.76 Å². The monoisotopic (exact) mass is 378 g/mol. The van der Waals surface area contributed by atoms with Gasteiger partial charge in [-0.3, -0.25) is 4.79 Å². The second-order valence-corrected chi connectivity index (χ2v) is 6.94. The van der Waals surface area contributed by atoms with Crippen LogP contribution in [0.2, 0.25) is 0 Å². The molecule has 136 valence electrons. The number of furan rings is 1. The summed E-state index contributed by atoms with van der Waals surface area (Å²) in [5.41, 5.74) is 1.01. The number of amides is 1. The SMILES string of the molecule is Cc1occc1-c1nnc(S[C@@H](C)C(=O)Nc2ccc(F)c(F)c2)n1C. The molecule has 0 spiro atoms. The molecule has 0 fully saturated rings. The number of thioether (sulfide) groups is 1. The zero-order valence-electron chi connectivity index (χ0n) is 14.3. The Balaban J connectivity index is 1.70. The lowest BCUT2D eigenvalue weighted by molar-refractivity contribution is -0.115. The minimum absolute atomic E-state index is 0.189. The third kappa shape index (κ3) is 3.62. The minimum Gasteiger partial charge on any atom is -0.469 e. The Morgan fingerprint density at radius 1 is 1.27 bits per heavy atom. The number of anilines is 1. The van der Waals surface area contributed by atoms with Crippen molar-refractivity contribution < 1.29 is 18.0 Å². The Morgan fingerprint density at radius 2 is 2.04 bits per heavy atom. The summed E-state index contributed by atoms with van der Waals surface area (Å²) in [6.45, 7) is 3.52. The van der Waals surface area contributed by atoms with Crippen molar-refractivity contribution in [1.29, 1.82) is 0 Å². The van der Waals surface area contributed by atoms with Crippen molar-refractivity contribution >= 4 is 23.4 Å². The molecule has 0 unspecified atom stereocenters.